The van der Waals surface area contributed by atoms with Crippen LogP contribution in [0.2, 0.25) is 5.02 Å². The van der Waals surface area contributed by atoms with Gasteiger partial charge in [0.2, 0.25) is 5.91 Å². The fourth-order valence-corrected chi connectivity index (χ4v) is 2.42. The maximum Gasteiger partial charge on any atom is 0.224 e. The second-order valence-electron chi connectivity index (χ2n) is 5.33. The van der Waals surface area contributed by atoms with Gasteiger partial charge in [-0.05, 0) is 35.9 Å². The van der Waals surface area contributed by atoms with Crippen LogP contribution in [0.15, 0.2) is 60.9 Å². The zero-order valence-corrected chi connectivity index (χ0v) is 13.8. The number of amides is 1. The summed E-state index contributed by atoms with van der Waals surface area (Å²) in [5.74, 6) is -0.0190. The molecular weight excluding hydrogens is 324 g/mol. The van der Waals surface area contributed by atoms with Crippen LogP contribution in [0.3, 0.4) is 0 Å². The number of benzene rings is 1. The second-order valence-corrected chi connectivity index (χ2v) is 5.77. The molecule has 1 aromatic carbocycles. The molecule has 3 aromatic rings. The van der Waals surface area contributed by atoms with Crippen LogP contribution in [0, 0.1) is 0 Å². The van der Waals surface area contributed by atoms with Gasteiger partial charge in [0.25, 0.3) is 0 Å². The monoisotopic (exact) mass is 340 g/mol. The molecule has 1 amide bonds. The van der Waals surface area contributed by atoms with Gasteiger partial charge in [0.05, 0.1) is 18.7 Å². The highest BCUT2D eigenvalue weighted by Crippen LogP contribution is 2.12. The molecule has 0 aliphatic heterocycles. The van der Waals surface area contributed by atoms with Crippen molar-refractivity contribution in [2.75, 3.05) is 6.54 Å². The van der Waals surface area contributed by atoms with Crippen molar-refractivity contribution in [1.82, 2.24) is 20.1 Å². The summed E-state index contributed by atoms with van der Waals surface area (Å²) in [6, 6.07) is 14.9. The van der Waals surface area contributed by atoms with E-state index in [0.29, 0.717) is 24.5 Å². The Morgan fingerprint density at radius 1 is 1.08 bits per heavy atom. The largest absolute Gasteiger partial charge is 0.354 e. The standard InChI is InChI=1S/C18H17ClN4O/c19-15-6-4-14(5-7-15)13-18(24)21-10-12-23-11-8-17(22-23)16-3-1-2-9-20-16/h1-9,11H,10,12-13H2,(H,21,24). The molecule has 2 heterocycles. The van der Waals surface area contributed by atoms with Crippen LogP contribution in [-0.2, 0) is 17.8 Å². The highest BCUT2D eigenvalue weighted by atomic mass is 35.5. The average molecular weight is 341 g/mol. The first-order chi connectivity index (χ1) is 11.7. The molecule has 0 bridgehead atoms. The third-order valence-corrected chi connectivity index (χ3v) is 3.76. The zero-order chi connectivity index (χ0) is 16.8. The molecule has 122 valence electrons. The van der Waals surface area contributed by atoms with Gasteiger partial charge in [0.1, 0.15) is 5.69 Å². The molecular formula is C18H17ClN4O. The van der Waals surface area contributed by atoms with Gasteiger partial charge in [-0.1, -0.05) is 29.8 Å². The Bertz CT molecular complexity index is 799. The molecule has 0 unspecified atom stereocenters. The lowest BCUT2D eigenvalue weighted by atomic mass is 10.1. The molecule has 3 rings (SSSR count). The van der Waals surface area contributed by atoms with Gasteiger partial charge in [-0.2, -0.15) is 5.10 Å². The summed E-state index contributed by atoms with van der Waals surface area (Å²) in [7, 11) is 0. The number of nitrogens with one attached hydrogen (secondary N) is 1. The SMILES string of the molecule is O=C(Cc1ccc(Cl)cc1)NCCn1ccc(-c2ccccn2)n1. The van der Waals surface area contributed by atoms with Crippen LogP contribution >= 0.6 is 11.6 Å². The van der Waals surface area contributed by atoms with Gasteiger partial charge in [-0.3, -0.25) is 14.5 Å². The van der Waals surface area contributed by atoms with Crippen molar-refractivity contribution in [3.05, 3.63) is 71.5 Å². The lowest BCUT2D eigenvalue weighted by Crippen LogP contribution is -2.28. The normalized spacial score (nSPS) is 10.5. The number of pyridine rings is 1. The van der Waals surface area contributed by atoms with E-state index in [4.69, 9.17) is 11.6 Å². The van der Waals surface area contributed by atoms with E-state index in [2.05, 4.69) is 15.4 Å². The Balaban J connectivity index is 1.47. The Labute approximate surface area is 145 Å². The Morgan fingerprint density at radius 2 is 1.92 bits per heavy atom. The molecule has 24 heavy (non-hydrogen) atoms. The van der Waals surface area contributed by atoms with Crippen LogP contribution in [0.25, 0.3) is 11.4 Å². The Kier molecular flexibility index (Phi) is 5.23. The number of rotatable bonds is 6. The first-order valence-electron chi connectivity index (χ1n) is 7.67. The number of halogens is 1. The van der Waals surface area contributed by atoms with Gasteiger partial charge >= 0.3 is 0 Å². The number of carbonyl (C=O) groups excluding carboxylic acids is 1. The minimum atomic E-state index is -0.0190. The molecule has 0 aliphatic rings. The summed E-state index contributed by atoms with van der Waals surface area (Å²) in [5.41, 5.74) is 2.60. The summed E-state index contributed by atoms with van der Waals surface area (Å²) >= 11 is 5.83. The van der Waals surface area contributed by atoms with Crippen LogP contribution < -0.4 is 5.32 Å². The predicted molar refractivity (Wildman–Crippen MR) is 93.6 cm³/mol. The molecule has 0 spiro atoms. The molecule has 5 nitrogen and oxygen atoms in total. The van der Waals surface area contributed by atoms with Gasteiger partial charge in [0, 0.05) is 24.0 Å². The van der Waals surface area contributed by atoms with E-state index in [1.165, 1.54) is 0 Å². The third-order valence-electron chi connectivity index (χ3n) is 3.51. The number of hydrogen-bond acceptors (Lipinski definition) is 3. The Morgan fingerprint density at radius 3 is 2.67 bits per heavy atom. The summed E-state index contributed by atoms with van der Waals surface area (Å²) in [5, 5.41) is 8.02. The first kappa shape index (κ1) is 16.2. The van der Waals surface area contributed by atoms with E-state index in [1.54, 1.807) is 23.0 Å². The van der Waals surface area contributed by atoms with Gasteiger partial charge in [-0.15, -0.1) is 0 Å². The number of hydrogen-bond donors (Lipinski definition) is 1. The quantitative estimate of drug-likeness (QED) is 0.750. The van der Waals surface area contributed by atoms with E-state index in [-0.39, 0.29) is 5.91 Å². The second kappa shape index (κ2) is 7.75. The topological polar surface area (TPSA) is 59.8 Å². The summed E-state index contributed by atoms with van der Waals surface area (Å²) in [4.78, 5) is 16.2. The number of aromatic nitrogens is 3. The van der Waals surface area contributed by atoms with E-state index >= 15 is 0 Å². The number of carbonyl (C=O) groups is 1. The third kappa shape index (κ3) is 4.43. The fourth-order valence-electron chi connectivity index (χ4n) is 2.30. The van der Waals surface area contributed by atoms with Gasteiger partial charge in [-0.25, -0.2) is 0 Å². The minimum absolute atomic E-state index is 0.0190. The molecule has 2 aromatic heterocycles. The van der Waals surface area contributed by atoms with Crippen LogP contribution in [0.4, 0.5) is 0 Å². The molecule has 1 N–H and O–H groups in total. The molecule has 0 saturated carbocycles. The first-order valence-corrected chi connectivity index (χ1v) is 8.04. The van der Waals surface area contributed by atoms with Gasteiger partial charge < -0.3 is 5.32 Å². The zero-order valence-electron chi connectivity index (χ0n) is 13.0. The molecule has 6 heteroatoms. The van der Waals surface area contributed by atoms with Crippen molar-refractivity contribution >= 4 is 17.5 Å². The molecule has 0 radical (unpaired) electrons. The van der Waals surface area contributed by atoms with Crippen LogP contribution in [-0.4, -0.2) is 27.2 Å². The van der Waals surface area contributed by atoms with E-state index in [9.17, 15) is 4.79 Å². The molecule has 0 saturated heterocycles. The average Bonchev–Trinajstić information content (AvgIpc) is 3.07. The predicted octanol–water partition coefficient (Wildman–Crippen LogP) is 2.96. The maximum atomic E-state index is 11.9. The fraction of sp³-hybridized carbons (Fsp3) is 0.167. The minimum Gasteiger partial charge on any atom is -0.354 e. The van der Waals surface area contributed by atoms with E-state index < -0.39 is 0 Å². The lowest BCUT2D eigenvalue weighted by molar-refractivity contribution is -0.120. The Hall–Kier alpha value is -2.66. The molecule has 0 aliphatic carbocycles. The van der Waals surface area contributed by atoms with Gasteiger partial charge in [0.15, 0.2) is 0 Å². The lowest BCUT2D eigenvalue weighted by Gasteiger charge is -2.06. The summed E-state index contributed by atoms with van der Waals surface area (Å²) in [6.45, 7) is 1.13. The van der Waals surface area contributed by atoms with Crippen molar-refractivity contribution < 1.29 is 4.79 Å². The highest BCUT2D eigenvalue weighted by molar-refractivity contribution is 6.30. The summed E-state index contributed by atoms with van der Waals surface area (Å²) < 4.78 is 1.80. The van der Waals surface area contributed by atoms with E-state index in [1.807, 2.05) is 42.6 Å². The van der Waals surface area contributed by atoms with Crippen molar-refractivity contribution in [3.8, 4) is 11.4 Å². The van der Waals surface area contributed by atoms with Crippen LogP contribution in [0.5, 0.6) is 0 Å². The number of nitrogens with zero attached hydrogens (tertiary/aromatic N) is 3. The van der Waals surface area contributed by atoms with Crippen molar-refractivity contribution in [3.63, 3.8) is 0 Å². The van der Waals surface area contributed by atoms with Crippen molar-refractivity contribution in [2.24, 2.45) is 0 Å². The smallest absolute Gasteiger partial charge is 0.224 e. The molecule has 0 fully saturated rings. The van der Waals surface area contributed by atoms with Crippen molar-refractivity contribution in [2.45, 2.75) is 13.0 Å². The van der Waals surface area contributed by atoms with E-state index in [0.717, 1.165) is 17.0 Å². The van der Waals surface area contributed by atoms with Crippen molar-refractivity contribution in [1.29, 1.82) is 0 Å². The highest BCUT2D eigenvalue weighted by Gasteiger charge is 2.05. The molecule has 0 atom stereocenters. The maximum absolute atomic E-state index is 11.9. The summed E-state index contributed by atoms with van der Waals surface area (Å²) in [6.07, 6.45) is 3.97. The van der Waals surface area contributed by atoms with Crippen LogP contribution in [0.1, 0.15) is 5.56 Å².